The van der Waals surface area contributed by atoms with Gasteiger partial charge in [-0.15, -0.1) is 0 Å². The molecule has 0 aromatic carbocycles. The van der Waals surface area contributed by atoms with Gasteiger partial charge in [0.25, 0.3) is 0 Å². The lowest BCUT2D eigenvalue weighted by atomic mass is 10.1. The lowest BCUT2D eigenvalue weighted by molar-refractivity contribution is -0.0510. The van der Waals surface area contributed by atoms with Crippen molar-refractivity contribution in [3.63, 3.8) is 0 Å². The molecule has 0 aliphatic carbocycles. The van der Waals surface area contributed by atoms with Gasteiger partial charge in [0.05, 0.1) is 29.8 Å². The molecule has 0 atom stereocenters. The van der Waals surface area contributed by atoms with Crippen molar-refractivity contribution in [1.29, 1.82) is 0 Å². The standard InChI is InChI=1S/C15H17ClN2O2.CHF3O3S/c1-4-5-8-20-10(2)14-11(16)9-17-12-6-7-13(19-3)18-15(12)14;2-1(3,4)8(5,6)7/h6-7,9H,2,4-5,8H2,1,3H3;(H,5,6,7). The summed E-state index contributed by atoms with van der Waals surface area (Å²) in [5, 5.41) is 0.472. The Bertz CT molecular complexity index is 936. The zero-order valence-electron chi connectivity index (χ0n) is 15.0. The van der Waals surface area contributed by atoms with Gasteiger partial charge < -0.3 is 9.47 Å². The quantitative estimate of drug-likeness (QED) is 0.305. The summed E-state index contributed by atoms with van der Waals surface area (Å²) in [6.45, 7) is 6.66. The van der Waals surface area contributed by atoms with Gasteiger partial charge >= 0.3 is 15.6 Å². The van der Waals surface area contributed by atoms with Gasteiger partial charge in [-0.3, -0.25) is 9.54 Å². The summed E-state index contributed by atoms with van der Waals surface area (Å²) in [4.78, 5) is 8.64. The van der Waals surface area contributed by atoms with E-state index < -0.39 is 15.6 Å². The summed E-state index contributed by atoms with van der Waals surface area (Å²) in [5.41, 5.74) is -3.50. The van der Waals surface area contributed by atoms with Gasteiger partial charge in [-0.05, 0) is 12.5 Å². The van der Waals surface area contributed by atoms with Gasteiger partial charge in [-0.1, -0.05) is 31.5 Å². The van der Waals surface area contributed by atoms with Crippen LogP contribution in [0.1, 0.15) is 25.3 Å². The van der Waals surface area contributed by atoms with E-state index in [1.165, 1.54) is 0 Å². The van der Waals surface area contributed by atoms with Crippen molar-refractivity contribution in [3.05, 3.63) is 35.5 Å². The molecule has 2 heterocycles. The zero-order valence-corrected chi connectivity index (χ0v) is 16.5. The van der Waals surface area contributed by atoms with Crippen molar-refractivity contribution < 1.29 is 35.6 Å². The molecule has 0 aliphatic rings. The highest BCUT2D eigenvalue weighted by Crippen LogP contribution is 2.30. The van der Waals surface area contributed by atoms with Crippen molar-refractivity contribution in [2.24, 2.45) is 0 Å². The van der Waals surface area contributed by atoms with Crippen molar-refractivity contribution in [2.75, 3.05) is 13.7 Å². The van der Waals surface area contributed by atoms with Crippen molar-refractivity contribution >= 4 is 38.5 Å². The molecule has 0 bridgehead atoms. The molecule has 2 aromatic rings. The maximum Gasteiger partial charge on any atom is 0.522 e. The Morgan fingerprint density at radius 3 is 2.46 bits per heavy atom. The maximum atomic E-state index is 10.7. The molecule has 0 unspecified atom stereocenters. The first-order chi connectivity index (χ1) is 12.9. The van der Waals surface area contributed by atoms with Gasteiger partial charge in [0.2, 0.25) is 5.88 Å². The van der Waals surface area contributed by atoms with Gasteiger partial charge in [-0.25, -0.2) is 4.98 Å². The van der Waals surface area contributed by atoms with Crippen LogP contribution < -0.4 is 4.74 Å². The highest BCUT2D eigenvalue weighted by molar-refractivity contribution is 7.86. The molecule has 1 N–H and O–H groups in total. The first-order valence-corrected chi connectivity index (χ1v) is 9.59. The number of fused-ring (bicyclic) bond motifs is 1. The Labute approximate surface area is 164 Å². The van der Waals surface area contributed by atoms with Gasteiger partial charge in [0.1, 0.15) is 11.3 Å². The second-order valence-electron chi connectivity index (χ2n) is 5.25. The Morgan fingerprint density at radius 2 is 1.96 bits per heavy atom. The summed E-state index contributed by atoms with van der Waals surface area (Å²) in [5.74, 6) is 1.01. The number of hydrogen-bond donors (Lipinski definition) is 1. The second kappa shape index (κ2) is 9.89. The molecule has 7 nitrogen and oxygen atoms in total. The predicted octanol–water partition coefficient (Wildman–Crippen LogP) is 4.47. The second-order valence-corrected chi connectivity index (χ2v) is 7.07. The number of rotatable bonds is 6. The molecule has 0 fully saturated rings. The van der Waals surface area contributed by atoms with Crippen LogP contribution in [0.5, 0.6) is 5.88 Å². The van der Waals surface area contributed by atoms with Crippen LogP contribution in [-0.4, -0.2) is 42.2 Å². The number of ether oxygens (including phenoxy) is 2. The summed E-state index contributed by atoms with van der Waals surface area (Å²) < 4.78 is 68.3. The largest absolute Gasteiger partial charge is 0.522 e. The number of unbranched alkanes of at least 4 members (excludes halogenated alkanes) is 1. The van der Waals surface area contributed by atoms with Crippen LogP contribution in [0.3, 0.4) is 0 Å². The molecule has 28 heavy (non-hydrogen) atoms. The van der Waals surface area contributed by atoms with Crippen LogP contribution in [0.15, 0.2) is 24.9 Å². The number of hydrogen-bond acceptors (Lipinski definition) is 6. The van der Waals surface area contributed by atoms with Gasteiger partial charge in [-0.2, -0.15) is 21.6 Å². The van der Waals surface area contributed by atoms with E-state index in [1.54, 1.807) is 19.4 Å². The predicted molar refractivity (Wildman–Crippen MR) is 98.6 cm³/mol. The fourth-order valence-corrected chi connectivity index (χ4v) is 2.06. The van der Waals surface area contributed by atoms with Crippen LogP contribution in [0.25, 0.3) is 16.8 Å². The molecular weight excluding hydrogens is 425 g/mol. The van der Waals surface area contributed by atoms with E-state index in [4.69, 9.17) is 34.0 Å². The fourth-order valence-electron chi connectivity index (χ4n) is 1.82. The normalized spacial score (nSPS) is 11.5. The lowest BCUT2D eigenvalue weighted by Crippen LogP contribution is -2.21. The third kappa shape index (κ3) is 6.50. The molecule has 2 rings (SSSR count). The molecule has 0 spiro atoms. The monoisotopic (exact) mass is 442 g/mol. The average Bonchev–Trinajstić information content (AvgIpc) is 2.60. The minimum atomic E-state index is -5.84. The van der Waals surface area contributed by atoms with Crippen LogP contribution >= 0.6 is 11.6 Å². The number of aromatic nitrogens is 2. The topological polar surface area (TPSA) is 98.6 Å². The van der Waals surface area contributed by atoms with Crippen LogP contribution in [0, 0.1) is 0 Å². The smallest absolute Gasteiger partial charge is 0.493 e. The Kier molecular flexibility index (Phi) is 8.46. The number of pyridine rings is 2. The van der Waals surface area contributed by atoms with Gasteiger partial charge in [0.15, 0.2) is 0 Å². The number of alkyl halides is 3. The highest BCUT2D eigenvalue weighted by Gasteiger charge is 2.44. The molecule has 0 amide bonds. The fraction of sp³-hybridized carbons (Fsp3) is 0.375. The third-order valence-corrected chi connectivity index (χ3v) is 4.07. The van der Waals surface area contributed by atoms with Gasteiger partial charge in [0, 0.05) is 12.3 Å². The lowest BCUT2D eigenvalue weighted by Gasteiger charge is -2.12. The Morgan fingerprint density at radius 1 is 1.36 bits per heavy atom. The summed E-state index contributed by atoms with van der Waals surface area (Å²) in [7, 11) is -4.27. The van der Waals surface area contributed by atoms with E-state index in [0.717, 1.165) is 18.4 Å². The minimum absolute atomic E-state index is 0.472. The summed E-state index contributed by atoms with van der Waals surface area (Å²) in [6.07, 6.45) is 3.61. The Hall–Kier alpha value is -2.11. The Balaban J connectivity index is 0.000000416. The number of nitrogens with zero attached hydrogens (tertiary/aromatic N) is 2. The van der Waals surface area contributed by atoms with E-state index in [9.17, 15) is 13.2 Å². The summed E-state index contributed by atoms with van der Waals surface area (Å²) in [6, 6.07) is 3.59. The third-order valence-electron chi connectivity index (χ3n) is 3.20. The van der Waals surface area contributed by atoms with Crippen molar-refractivity contribution in [1.82, 2.24) is 9.97 Å². The average molecular weight is 443 g/mol. The molecule has 0 radical (unpaired) electrons. The van der Waals surface area contributed by atoms with Crippen LogP contribution in [-0.2, 0) is 14.9 Å². The summed E-state index contributed by atoms with van der Waals surface area (Å²) >= 11 is 6.22. The SMILES string of the molecule is C=C(OCCCC)c1c(Cl)cnc2ccc(OC)nc12.O=S(=O)(O)C(F)(F)F. The van der Waals surface area contributed by atoms with E-state index in [1.807, 2.05) is 6.07 Å². The highest BCUT2D eigenvalue weighted by atomic mass is 35.5. The van der Waals surface area contributed by atoms with E-state index in [0.29, 0.717) is 34.3 Å². The van der Waals surface area contributed by atoms with Crippen molar-refractivity contribution in [2.45, 2.75) is 25.3 Å². The molecule has 12 heteroatoms. The van der Waals surface area contributed by atoms with E-state index in [2.05, 4.69) is 23.5 Å². The minimum Gasteiger partial charge on any atom is -0.493 e. The number of methoxy groups -OCH3 is 1. The van der Waals surface area contributed by atoms with Crippen LogP contribution in [0.4, 0.5) is 13.2 Å². The first-order valence-electron chi connectivity index (χ1n) is 7.77. The molecule has 0 saturated heterocycles. The molecule has 156 valence electrons. The molecule has 2 aromatic heterocycles. The van der Waals surface area contributed by atoms with E-state index in [-0.39, 0.29) is 0 Å². The maximum absolute atomic E-state index is 10.7. The molecule has 0 saturated carbocycles. The zero-order chi connectivity index (χ0) is 21.5. The number of halogens is 4. The molecule has 0 aliphatic heterocycles. The van der Waals surface area contributed by atoms with Crippen LogP contribution in [0.2, 0.25) is 5.02 Å². The van der Waals surface area contributed by atoms with E-state index >= 15 is 0 Å². The van der Waals surface area contributed by atoms with Crippen molar-refractivity contribution in [3.8, 4) is 5.88 Å². The first kappa shape index (κ1) is 23.9. The molecular formula is C16H18ClF3N2O5S.